The van der Waals surface area contributed by atoms with Crippen LogP contribution < -0.4 is 5.32 Å². The van der Waals surface area contributed by atoms with Gasteiger partial charge in [-0.05, 0) is 42.8 Å². The molecule has 86 valence electrons. The van der Waals surface area contributed by atoms with Gasteiger partial charge in [0.15, 0.2) is 0 Å². The van der Waals surface area contributed by atoms with E-state index in [0.717, 1.165) is 18.2 Å². The number of hydrogen-bond acceptors (Lipinski definition) is 2. The second kappa shape index (κ2) is 4.77. The third kappa shape index (κ3) is 3.13. The molecule has 0 radical (unpaired) electrons. The zero-order valence-corrected chi connectivity index (χ0v) is 10.2. The van der Waals surface area contributed by atoms with E-state index in [1.54, 1.807) is 0 Å². The number of hydrogen-bond donors (Lipinski definition) is 2. The topological polar surface area (TPSA) is 29.1 Å². The molecule has 3 heteroatoms. The summed E-state index contributed by atoms with van der Waals surface area (Å²) in [7, 11) is 0. The van der Waals surface area contributed by atoms with Crippen molar-refractivity contribution in [2.45, 2.75) is 44.9 Å². The molecular weight excluding hydrogens is 206 g/mol. The Kier molecular flexibility index (Phi) is 3.60. The summed E-state index contributed by atoms with van der Waals surface area (Å²) in [5.41, 5.74) is 0.267. The van der Waals surface area contributed by atoms with Crippen LogP contribution in [0.3, 0.4) is 0 Å². The Morgan fingerprint density at radius 3 is 2.53 bits per heavy atom. The van der Waals surface area contributed by atoms with Crippen molar-refractivity contribution in [3.05, 3.63) is 0 Å². The van der Waals surface area contributed by atoms with Crippen LogP contribution in [0.1, 0.15) is 44.9 Å². The number of carbonyl (C=O) groups is 1. The average molecular weight is 227 g/mol. The fraction of sp³-hybridized carbons (Fsp3) is 0.917. The maximum atomic E-state index is 11.7. The molecular formula is C12H21NOS. The predicted octanol–water partition coefficient (Wildman–Crippen LogP) is 2.39. The Morgan fingerprint density at radius 1 is 1.33 bits per heavy atom. The highest BCUT2D eigenvalue weighted by Crippen LogP contribution is 2.49. The first-order chi connectivity index (χ1) is 7.24. The van der Waals surface area contributed by atoms with Crippen LogP contribution in [0.5, 0.6) is 0 Å². The van der Waals surface area contributed by atoms with Gasteiger partial charge < -0.3 is 5.32 Å². The lowest BCUT2D eigenvalue weighted by Crippen LogP contribution is -2.30. The van der Waals surface area contributed by atoms with Crippen molar-refractivity contribution in [2.24, 2.45) is 11.3 Å². The van der Waals surface area contributed by atoms with Gasteiger partial charge in [0, 0.05) is 13.0 Å². The largest absolute Gasteiger partial charge is 0.356 e. The van der Waals surface area contributed by atoms with Crippen molar-refractivity contribution in [3.63, 3.8) is 0 Å². The fourth-order valence-corrected chi connectivity index (χ4v) is 2.87. The van der Waals surface area contributed by atoms with Crippen LogP contribution in [-0.2, 0) is 4.79 Å². The van der Waals surface area contributed by atoms with Gasteiger partial charge >= 0.3 is 0 Å². The van der Waals surface area contributed by atoms with E-state index in [2.05, 4.69) is 17.9 Å². The number of nitrogens with one attached hydrogen (secondary N) is 1. The molecule has 0 bridgehead atoms. The van der Waals surface area contributed by atoms with Gasteiger partial charge in [0.05, 0.1) is 0 Å². The molecule has 0 heterocycles. The molecule has 0 aromatic carbocycles. The van der Waals surface area contributed by atoms with Crippen molar-refractivity contribution < 1.29 is 4.79 Å². The molecule has 2 aliphatic rings. The number of rotatable bonds is 5. The van der Waals surface area contributed by atoms with Crippen LogP contribution in [0.4, 0.5) is 0 Å². The highest BCUT2D eigenvalue weighted by Gasteiger charge is 2.42. The van der Waals surface area contributed by atoms with Gasteiger partial charge in [0.1, 0.15) is 0 Å². The zero-order valence-electron chi connectivity index (χ0n) is 9.30. The minimum absolute atomic E-state index is 0.244. The molecule has 1 amide bonds. The summed E-state index contributed by atoms with van der Waals surface area (Å²) in [5.74, 6) is 1.86. The van der Waals surface area contributed by atoms with Crippen LogP contribution in [-0.4, -0.2) is 18.2 Å². The monoisotopic (exact) mass is 227 g/mol. The molecule has 15 heavy (non-hydrogen) atoms. The first-order valence-electron chi connectivity index (χ1n) is 6.12. The summed E-state index contributed by atoms with van der Waals surface area (Å²) in [4.78, 5) is 11.7. The van der Waals surface area contributed by atoms with Crippen LogP contribution in [0.2, 0.25) is 0 Å². The normalized spacial score (nSPS) is 24.1. The van der Waals surface area contributed by atoms with Gasteiger partial charge in [0.25, 0.3) is 0 Å². The van der Waals surface area contributed by atoms with Crippen LogP contribution in [0.25, 0.3) is 0 Å². The van der Waals surface area contributed by atoms with Crippen molar-refractivity contribution in [1.82, 2.24) is 5.32 Å². The Morgan fingerprint density at radius 2 is 2.00 bits per heavy atom. The standard InChI is InChI=1S/C12H21NOS/c14-11(7-12(9-15)5-6-12)13-8-10-3-1-2-4-10/h10,15H,1-9H2,(H,13,14). The average Bonchev–Trinajstić information content (AvgIpc) is 2.80. The SMILES string of the molecule is O=C(CC1(CS)CC1)NCC1CCCC1. The molecule has 2 rings (SSSR count). The van der Waals surface area contributed by atoms with Crippen molar-refractivity contribution in [3.8, 4) is 0 Å². The van der Waals surface area contributed by atoms with E-state index in [0.29, 0.717) is 6.42 Å². The molecule has 0 aromatic heterocycles. The maximum absolute atomic E-state index is 11.7. The van der Waals surface area contributed by atoms with E-state index in [9.17, 15) is 4.79 Å². The van der Waals surface area contributed by atoms with E-state index in [1.807, 2.05) is 0 Å². The number of carbonyl (C=O) groups excluding carboxylic acids is 1. The van der Waals surface area contributed by atoms with Gasteiger partial charge in [-0.15, -0.1) is 0 Å². The van der Waals surface area contributed by atoms with Gasteiger partial charge in [-0.2, -0.15) is 12.6 Å². The van der Waals surface area contributed by atoms with Gasteiger partial charge in [-0.1, -0.05) is 12.8 Å². The lowest BCUT2D eigenvalue weighted by atomic mass is 10.0. The summed E-state index contributed by atoms with van der Waals surface area (Å²) in [6.45, 7) is 0.904. The van der Waals surface area contributed by atoms with Gasteiger partial charge in [-0.25, -0.2) is 0 Å². The number of thiol groups is 1. The highest BCUT2D eigenvalue weighted by molar-refractivity contribution is 7.80. The summed E-state index contributed by atoms with van der Waals surface area (Å²) < 4.78 is 0. The Hall–Kier alpha value is -0.180. The maximum Gasteiger partial charge on any atom is 0.220 e. The molecule has 2 nitrogen and oxygen atoms in total. The van der Waals surface area contributed by atoms with Gasteiger partial charge in [-0.3, -0.25) is 4.79 Å². The second-order valence-corrected chi connectivity index (χ2v) is 5.61. The molecule has 0 aliphatic heterocycles. The Balaban J connectivity index is 1.64. The van der Waals surface area contributed by atoms with Crippen LogP contribution in [0.15, 0.2) is 0 Å². The molecule has 2 aliphatic carbocycles. The minimum atomic E-state index is 0.244. The lowest BCUT2D eigenvalue weighted by Gasteiger charge is -2.14. The first kappa shape index (κ1) is 11.3. The Labute approximate surface area is 97.6 Å². The molecule has 2 fully saturated rings. The van der Waals surface area contributed by atoms with E-state index in [1.165, 1.54) is 38.5 Å². The molecule has 0 aromatic rings. The third-order valence-electron chi connectivity index (χ3n) is 3.89. The van der Waals surface area contributed by atoms with Crippen molar-refractivity contribution in [1.29, 1.82) is 0 Å². The molecule has 0 saturated heterocycles. The van der Waals surface area contributed by atoms with E-state index in [-0.39, 0.29) is 11.3 Å². The van der Waals surface area contributed by atoms with Crippen molar-refractivity contribution in [2.75, 3.05) is 12.3 Å². The quantitative estimate of drug-likeness (QED) is 0.694. The van der Waals surface area contributed by atoms with Gasteiger partial charge in [0.2, 0.25) is 5.91 Å². The van der Waals surface area contributed by atoms with Crippen molar-refractivity contribution >= 4 is 18.5 Å². The zero-order chi connectivity index (χ0) is 10.7. The molecule has 1 N–H and O–H groups in total. The van der Waals surface area contributed by atoms with Crippen LogP contribution >= 0.6 is 12.6 Å². The van der Waals surface area contributed by atoms with Crippen LogP contribution in [0, 0.1) is 11.3 Å². The lowest BCUT2D eigenvalue weighted by molar-refractivity contribution is -0.122. The van der Waals surface area contributed by atoms with E-state index >= 15 is 0 Å². The summed E-state index contributed by atoms with van der Waals surface area (Å²) >= 11 is 4.31. The predicted molar refractivity (Wildman–Crippen MR) is 65.1 cm³/mol. The molecule has 0 atom stereocenters. The summed E-state index contributed by atoms with van der Waals surface area (Å²) in [6.07, 6.45) is 8.38. The third-order valence-corrected chi connectivity index (χ3v) is 4.56. The second-order valence-electron chi connectivity index (χ2n) is 5.29. The highest BCUT2D eigenvalue weighted by atomic mass is 32.1. The molecule has 0 spiro atoms. The summed E-state index contributed by atoms with van der Waals surface area (Å²) in [6, 6.07) is 0. The van der Waals surface area contributed by atoms with E-state index < -0.39 is 0 Å². The van der Waals surface area contributed by atoms with E-state index in [4.69, 9.17) is 0 Å². The minimum Gasteiger partial charge on any atom is -0.356 e. The Bertz CT molecular complexity index is 232. The molecule has 2 saturated carbocycles. The fourth-order valence-electron chi connectivity index (χ4n) is 2.44. The summed E-state index contributed by atoms with van der Waals surface area (Å²) in [5, 5.41) is 3.08. The first-order valence-corrected chi connectivity index (χ1v) is 6.75. The number of amides is 1. The molecule has 0 unspecified atom stereocenters. The smallest absolute Gasteiger partial charge is 0.220 e.